The molecule has 0 aliphatic heterocycles. The van der Waals surface area contributed by atoms with Gasteiger partial charge in [-0.15, -0.1) is 0 Å². The van der Waals surface area contributed by atoms with E-state index in [-0.39, 0.29) is 0 Å². The maximum atomic E-state index is 2.63. The Labute approximate surface area is 293 Å². The maximum absolute atomic E-state index is 2.63. The molecule has 0 unspecified atom stereocenters. The molecule has 5 aromatic rings. The summed E-state index contributed by atoms with van der Waals surface area (Å²) in [6, 6.07) is 14.9. The second-order valence-corrected chi connectivity index (χ2v) is 34.5. The van der Waals surface area contributed by atoms with Crippen molar-refractivity contribution in [2.75, 3.05) is 41.3 Å². The molecular weight excluding hydrogens is 731 g/mol. The van der Waals surface area contributed by atoms with Gasteiger partial charge in [-0.3, -0.25) is 0 Å². The van der Waals surface area contributed by atoms with Gasteiger partial charge in [0.25, 0.3) is 0 Å². The van der Waals surface area contributed by atoms with Gasteiger partial charge in [-0.25, -0.2) is 0 Å². The van der Waals surface area contributed by atoms with Crippen LogP contribution in [0.25, 0.3) is 41.1 Å². The Morgan fingerprint density at radius 1 is 0.556 bits per heavy atom. The minimum atomic E-state index is -2.29. The molecule has 0 atom stereocenters. The zero-order chi connectivity index (χ0) is 32.1. The Hall–Kier alpha value is -0.741. The van der Waals surface area contributed by atoms with Crippen LogP contribution in [-0.2, 0) is 12.8 Å². The summed E-state index contributed by atoms with van der Waals surface area (Å²) in [5.41, 5.74) is 3.02. The second kappa shape index (κ2) is 16.1. The zero-order valence-electron chi connectivity index (χ0n) is 29.0. The first-order valence-electron chi connectivity index (χ1n) is 17.0. The van der Waals surface area contributed by atoms with E-state index in [2.05, 4.69) is 130 Å². The first-order chi connectivity index (χ1) is 21.5. The Kier molecular flexibility index (Phi) is 12.7. The molecule has 0 amide bonds. The van der Waals surface area contributed by atoms with Gasteiger partial charge < -0.3 is 9.80 Å². The molecule has 2 nitrogen and oxygen atoms in total. The molecule has 4 aromatic heterocycles. The fraction of sp³-hybridized carbons (Fsp3) is 0.526. The molecule has 0 saturated carbocycles. The van der Waals surface area contributed by atoms with Crippen LogP contribution >= 0.6 is 45.3 Å². The number of rotatable bonds is 17. The van der Waals surface area contributed by atoms with Crippen LogP contribution < -0.4 is 2.89 Å². The number of aryl methyl sites for hydroxylation is 3. The third-order valence-electron chi connectivity index (χ3n) is 8.69. The van der Waals surface area contributed by atoms with E-state index in [1.165, 1.54) is 123 Å². The quantitative estimate of drug-likeness (QED) is 0.0684. The van der Waals surface area contributed by atoms with Crippen LogP contribution in [-0.4, -0.2) is 69.5 Å². The van der Waals surface area contributed by atoms with E-state index in [0.29, 0.717) is 0 Å². The summed E-state index contributed by atoms with van der Waals surface area (Å²) >= 11 is 5.96. The van der Waals surface area contributed by atoms with Crippen molar-refractivity contribution in [3.05, 3.63) is 51.0 Å². The summed E-state index contributed by atoms with van der Waals surface area (Å²) in [7, 11) is 8.71. The molecule has 7 heteroatoms. The summed E-state index contributed by atoms with van der Waals surface area (Å²) in [6.07, 6.45) is 13.0. The summed E-state index contributed by atoms with van der Waals surface area (Å²) in [5.74, 6) is 0. The number of hydrogen-bond acceptors (Lipinski definition) is 6. The second-order valence-electron chi connectivity index (χ2n) is 14.4. The normalized spacial score (nSPS) is 12.6. The summed E-state index contributed by atoms with van der Waals surface area (Å²) < 4.78 is 4.72. The SMILES string of the molecule is Cc1cc2c(-c3ccc(CCCCCCN(C)C)s3)c3s[c]([Sn]([CH3])([CH3])[CH3])cc3c(-c3ccc(CCCCCCN(C)C)s3)c2s1. The van der Waals surface area contributed by atoms with Crippen molar-refractivity contribution in [3.63, 3.8) is 0 Å². The predicted molar refractivity (Wildman–Crippen MR) is 213 cm³/mol. The Bertz CT molecular complexity index is 1560. The fourth-order valence-electron chi connectivity index (χ4n) is 6.21. The van der Waals surface area contributed by atoms with E-state index in [1.807, 2.05) is 11.3 Å². The number of thiophene rings is 4. The van der Waals surface area contributed by atoms with Gasteiger partial charge in [0.05, 0.1) is 0 Å². The molecule has 0 spiro atoms. The average molecular weight is 786 g/mol. The molecule has 0 radical (unpaired) electrons. The van der Waals surface area contributed by atoms with E-state index in [9.17, 15) is 0 Å². The molecule has 0 bridgehead atoms. The van der Waals surface area contributed by atoms with Gasteiger partial charge >= 0.3 is 245 Å². The Morgan fingerprint density at radius 2 is 1.02 bits per heavy atom. The van der Waals surface area contributed by atoms with Crippen molar-refractivity contribution >= 4 is 86.8 Å². The van der Waals surface area contributed by atoms with Crippen molar-refractivity contribution in [1.82, 2.24) is 9.80 Å². The number of nitrogens with zero attached hydrogens (tertiary/aromatic N) is 2. The van der Waals surface area contributed by atoms with Crippen molar-refractivity contribution in [2.45, 2.75) is 86.0 Å². The van der Waals surface area contributed by atoms with Gasteiger partial charge in [-0.2, -0.15) is 0 Å². The summed E-state index contributed by atoms with van der Waals surface area (Å²) in [5, 5.41) is 2.99. The van der Waals surface area contributed by atoms with Crippen LogP contribution in [0.4, 0.5) is 0 Å². The van der Waals surface area contributed by atoms with E-state index >= 15 is 0 Å². The molecule has 1 aromatic carbocycles. The van der Waals surface area contributed by atoms with Gasteiger partial charge in [0.15, 0.2) is 0 Å². The molecule has 0 aliphatic rings. The van der Waals surface area contributed by atoms with Crippen molar-refractivity contribution in [1.29, 1.82) is 0 Å². The van der Waals surface area contributed by atoms with Gasteiger partial charge in [0.2, 0.25) is 0 Å². The van der Waals surface area contributed by atoms with Gasteiger partial charge in [0, 0.05) is 0 Å². The molecule has 0 aliphatic carbocycles. The number of benzene rings is 1. The standard InChI is InChI=1S/C35H45N2S4.3CH3.Sn/c1-25-24-29-33(31-19-17-27(41-31)15-11-7-9-13-22-37(4)5)34-28(20-23-38-34)32(35(29)39-25)30-18-16-26(40-30)14-10-6-8-12-21-36(2)3;;;;/h16-20,24H,6-15,21-22H2,1-5H3;3*1H3;. The average Bonchev–Trinajstić information content (AvgIpc) is 3.77. The topological polar surface area (TPSA) is 6.48 Å². The monoisotopic (exact) mass is 786 g/mol. The molecule has 244 valence electrons. The van der Waals surface area contributed by atoms with Crippen molar-refractivity contribution in [3.8, 4) is 20.9 Å². The third-order valence-corrected chi connectivity index (χ3v) is 22.7. The van der Waals surface area contributed by atoms with Crippen LogP contribution in [0.5, 0.6) is 0 Å². The Morgan fingerprint density at radius 3 is 1.51 bits per heavy atom. The molecule has 0 saturated heterocycles. The van der Waals surface area contributed by atoms with E-state index in [0.717, 1.165) is 0 Å². The molecular formula is C38H54N2S4Sn. The van der Waals surface area contributed by atoms with Crippen LogP contribution in [0.1, 0.15) is 66.0 Å². The van der Waals surface area contributed by atoms with E-state index in [1.54, 1.807) is 12.6 Å². The first kappa shape index (κ1) is 35.6. The first-order valence-corrected chi connectivity index (χ1v) is 30.2. The van der Waals surface area contributed by atoms with Gasteiger partial charge in [0.1, 0.15) is 0 Å². The number of hydrogen-bond donors (Lipinski definition) is 0. The Balaban J connectivity index is 1.45. The van der Waals surface area contributed by atoms with Gasteiger partial charge in [-0.1, -0.05) is 0 Å². The van der Waals surface area contributed by atoms with Crippen LogP contribution in [0.3, 0.4) is 0 Å². The fourth-order valence-corrected chi connectivity index (χ4v) is 16.1. The van der Waals surface area contributed by atoms with Crippen molar-refractivity contribution in [2.24, 2.45) is 0 Å². The van der Waals surface area contributed by atoms with Crippen molar-refractivity contribution < 1.29 is 0 Å². The van der Waals surface area contributed by atoms with Crippen LogP contribution in [0.2, 0.25) is 14.8 Å². The number of unbranched alkanes of at least 4 members (excludes halogenated alkanes) is 6. The summed E-state index contributed by atoms with van der Waals surface area (Å²) in [4.78, 5) is 19.8. The van der Waals surface area contributed by atoms with Crippen LogP contribution in [0, 0.1) is 6.92 Å². The van der Waals surface area contributed by atoms with Crippen LogP contribution in [0.15, 0.2) is 36.4 Å². The molecule has 5 rings (SSSR count). The molecule has 0 fully saturated rings. The van der Waals surface area contributed by atoms with E-state index in [4.69, 9.17) is 0 Å². The minimum absolute atomic E-state index is 1.21. The zero-order valence-corrected chi connectivity index (χ0v) is 35.1. The summed E-state index contributed by atoms with van der Waals surface area (Å²) in [6.45, 7) is 4.71. The predicted octanol–water partition coefficient (Wildman–Crippen LogP) is 11.8. The van der Waals surface area contributed by atoms with Gasteiger partial charge in [-0.05, 0) is 41.3 Å². The molecule has 4 heterocycles. The molecule has 0 N–H and O–H groups in total. The number of fused-ring (bicyclic) bond motifs is 2. The van der Waals surface area contributed by atoms with E-state index < -0.39 is 18.4 Å². The third kappa shape index (κ3) is 9.24. The molecule has 45 heavy (non-hydrogen) atoms.